The molecule has 1 saturated carbocycles. The summed E-state index contributed by atoms with van der Waals surface area (Å²) in [5.74, 6) is 0.140. The van der Waals surface area contributed by atoms with Crippen molar-refractivity contribution in [3.63, 3.8) is 0 Å². The van der Waals surface area contributed by atoms with Gasteiger partial charge in [-0.3, -0.25) is 4.79 Å². The van der Waals surface area contributed by atoms with Crippen LogP contribution in [-0.2, 0) is 21.3 Å². The molecule has 30 heavy (non-hydrogen) atoms. The number of aromatic amines is 1. The zero-order chi connectivity index (χ0) is 21.0. The van der Waals surface area contributed by atoms with Gasteiger partial charge >= 0.3 is 0 Å². The highest BCUT2D eigenvalue weighted by molar-refractivity contribution is 7.89. The second kappa shape index (κ2) is 9.15. The summed E-state index contributed by atoms with van der Waals surface area (Å²) < 4.78 is 38.0. The molecule has 1 aliphatic heterocycles. The van der Waals surface area contributed by atoms with Gasteiger partial charge in [0.2, 0.25) is 15.9 Å². The number of ether oxygens (including phenoxy) is 2. The van der Waals surface area contributed by atoms with Gasteiger partial charge in [-0.25, -0.2) is 13.4 Å². The second-order valence-corrected chi connectivity index (χ2v) is 9.38. The minimum absolute atomic E-state index is 0.0705. The highest BCUT2D eigenvalue weighted by Gasteiger charge is 2.28. The Morgan fingerprint density at radius 2 is 2.07 bits per heavy atom. The minimum Gasteiger partial charge on any atom is -0.474 e. The fourth-order valence-electron chi connectivity index (χ4n) is 3.69. The maximum absolute atomic E-state index is 12.7. The number of rotatable bonds is 7. The monoisotopic (exact) mass is 434 g/mol. The van der Waals surface area contributed by atoms with E-state index in [-0.39, 0.29) is 23.2 Å². The molecule has 2 aliphatic rings. The van der Waals surface area contributed by atoms with Crippen molar-refractivity contribution in [2.24, 2.45) is 0 Å². The molecular formula is C20H26N4O5S. The van der Waals surface area contributed by atoms with Crippen molar-refractivity contribution in [2.75, 3.05) is 26.3 Å². The van der Waals surface area contributed by atoms with Crippen molar-refractivity contribution in [3.05, 3.63) is 41.9 Å². The number of amides is 1. The Kier molecular flexibility index (Phi) is 6.35. The van der Waals surface area contributed by atoms with Gasteiger partial charge in [0.15, 0.2) is 0 Å². The lowest BCUT2D eigenvalue weighted by Gasteiger charge is -2.25. The van der Waals surface area contributed by atoms with E-state index in [2.05, 4.69) is 15.3 Å². The van der Waals surface area contributed by atoms with Crippen LogP contribution in [0.15, 0.2) is 35.5 Å². The van der Waals surface area contributed by atoms with E-state index in [0.29, 0.717) is 32.2 Å². The number of morpholine rings is 1. The van der Waals surface area contributed by atoms with E-state index in [9.17, 15) is 13.2 Å². The molecule has 0 unspecified atom stereocenters. The summed E-state index contributed by atoms with van der Waals surface area (Å²) in [5.41, 5.74) is 0.967. The van der Waals surface area contributed by atoms with Crippen LogP contribution in [0, 0.1) is 0 Å². The number of sulfonamides is 1. The Labute approximate surface area is 175 Å². The third-order valence-corrected chi connectivity index (χ3v) is 7.26. The highest BCUT2D eigenvalue weighted by Crippen LogP contribution is 2.25. The van der Waals surface area contributed by atoms with Crippen molar-refractivity contribution in [1.29, 1.82) is 0 Å². The van der Waals surface area contributed by atoms with Crippen molar-refractivity contribution >= 4 is 15.9 Å². The van der Waals surface area contributed by atoms with E-state index in [0.717, 1.165) is 31.2 Å². The molecule has 10 heteroatoms. The zero-order valence-corrected chi connectivity index (χ0v) is 17.5. The largest absolute Gasteiger partial charge is 0.474 e. The molecule has 1 saturated heterocycles. The Morgan fingerprint density at radius 1 is 1.30 bits per heavy atom. The number of pyridine rings is 1. The van der Waals surface area contributed by atoms with E-state index < -0.39 is 15.9 Å². The van der Waals surface area contributed by atoms with Gasteiger partial charge in [0.1, 0.15) is 16.7 Å². The maximum atomic E-state index is 12.7. The number of carbonyl (C=O) groups is 1. The van der Waals surface area contributed by atoms with E-state index in [4.69, 9.17) is 9.47 Å². The van der Waals surface area contributed by atoms with E-state index in [1.54, 1.807) is 12.3 Å². The molecular weight excluding hydrogens is 408 g/mol. The molecule has 0 atom stereocenters. The Morgan fingerprint density at radius 3 is 2.83 bits per heavy atom. The minimum atomic E-state index is -3.65. The van der Waals surface area contributed by atoms with Crippen molar-refractivity contribution in [3.8, 4) is 5.88 Å². The SMILES string of the molecule is O=C(NCc1cccnc1OC1CCCC1)c1cc(S(=O)(=O)N2CCOCC2)c[nH]1. The lowest BCUT2D eigenvalue weighted by molar-refractivity contribution is 0.0730. The standard InChI is InChI=1S/C20H26N4O5S/c25-19(18-12-17(14-22-18)30(26,27)24-8-10-28-11-9-24)23-13-15-4-3-7-21-20(15)29-16-5-1-2-6-16/h3-4,7,12,14,16,22H,1-2,5-6,8-11,13H2,(H,23,25). The molecule has 1 aliphatic carbocycles. The molecule has 0 spiro atoms. The number of carbonyl (C=O) groups excluding carboxylic acids is 1. The number of hydrogen-bond acceptors (Lipinski definition) is 6. The van der Waals surface area contributed by atoms with Crippen LogP contribution in [-0.4, -0.2) is 61.0 Å². The zero-order valence-electron chi connectivity index (χ0n) is 16.7. The maximum Gasteiger partial charge on any atom is 0.268 e. The van der Waals surface area contributed by atoms with Crippen LogP contribution in [0.2, 0.25) is 0 Å². The number of nitrogens with zero attached hydrogens (tertiary/aromatic N) is 2. The van der Waals surface area contributed by atoms with Gasteiger partial charge in [-0.2, -0.15) is 4.31 Å². The quantitative estimate of drug-likeness (QED) is 0.685. The lowest BCUT2D eigenvalue weighted by atomic mass is 10.2. The van der Waals surface area contributed by atoms with Gasteiger partial charge in [0.05, 0.1) is 13.2 Å². The van der Waals surface area contributed by atoms with E-state index >= 15 is 0 Å². The van der Waals surface area contributed by atoms with Crippen LogP contribution in [0.25, 0.3) is 0 Å². The molecule has 4 rings (SSSR count). The van der Waals surface area contributed by atoms with Crippen LogP contribution in [0.4, 0.5) is 0 Å². The van der Waals surface area contributed by atoms with Crippen LogP contribution >= 0.6 is 0 Å². The van der Waals surface area contributed by atoms with Gasteiger partial charge in [-0.05, 0) is 37.8 Å². The fraction of sp³-hybridized carbons (Fsp3) is 0.500. The molecule has 1 amide bonds. The fourth-order valence-corrected chi connectivity index (χ4v) is 5.09. The summed E-state index contributed by atoms with van der Waals surface area (Å²) in [4.78, 5) is 19.7. The summed E-state index contributed by atoms with van der Waals surface area (Å²) in [6.45, 7) is 1.58. The van der Waals surface area contributed by atoms with Gasteiger partial charge in [0.25, 0.3) is 5.91 Å². The summed E-state index contributed by atoms with van der Waals surface area (Å²) in [6.07, 6.45) is 7.54. The Hall–Kier alpha value is -2.43. The average molecular weight is 435 g/mol. The number of hydrogen-bond donors (Lipinski definition) is 2. The predicted octanol–water partition coefficient (Wildman–Crippen LogP) is 1.68. The average Bonchev–Trinajstić information content (AvgIpc) is 3.46. The van der Waals surface area contributed by atoms with Gasteiger partial charge in [0, 0.05) is 37.6 Å². The highest BCUT2D eigenvalue weighted by atomic mass is 32.2. The molecule has 3 heterocycles. The van der Waals surface area contributed by atoms with Crippen molar-refractivity contribution < 1.29 is 22.7 Å². The molecule has 162 valence electrons. The molecule has 2 aromatic rings. The normalized spacial score (nSPS) is 18.4. The summed E-state index contributed by atoms with van der Waals surface area (Å²) in [6, 6.07) is 5.02. The number of H-pyrrole nitrogens is 1. The molecule has 2 aromatic heterocycles. The predicted molar refractivity (Wildman–Crippen MR) is 109 cm³/mol. The molecule has 0 radical (unpaired) electrons. The third kappa shape index (κ3) is 4.66. The molecule has 9 nitrogen and oxygen atoms in total. The summed E-state index contributed by atoms with van der Waals surface area (Å²) in [7, 11) is -3.65. The number of nitrogens with one attached hydrogen (secondary N) is 2. The van der Waals surface area contributed by atoms with Crippen LogP contribution in [0.5, 0.6) is 5.88 Å². The molecule has 0 bridgehead atoms. The number of aromatic nitrogens is 2. The first-order valence-corrected chi connectivity index (χ1v) is 11.6. The van der Waals surface area contributed by atoms with Gasteiger partial charge in [-0.1, -0.05) is 6.07 Å². The van der Waals surface area contributed by atoms with E-state index in [1.165, 1.54) is 16.6 Å². The first kappa shape index (κ1) is 20.8. The van der Waals surface area contributed by atoms with Crippen molar-refractivity contribution in [1.82, 2.24) is 19.6 Å². The Balaban J connectivity index is 1.39. The molecule has 2 N–H and O–H groups in total. The van der Waals surface area contributed by atoms with Gasteiger partial charge in [-0.15, -0.1) is 0 Å². The van der Waals surface area contributed by atoms with Gasteiger partial charge < -0.3 is 19.8 Å². The Bertz CT molecular complexity index is 979. The lowest BCUT2D eigenvalue weighted by Crippen LogP contribution is -2.40. The summed E-state index contributed by atoms with van der Waals surface area (Å²) >= 11 is 0. The van der Waals surface area contributed by atoms with Crippen LogP contribution in [0.1, 0.15) is 41.7 Å². The first-order chi connectivity index (χ1) is 14.5. The topological polar surface area (TPSA) is 114 Å². The van der Waals surface area contributed by atoms with Crippen LogP contribution in [0.3, 0.4) is 0 Å². The molecule has 0 aromatic carbocycles. The summed E-state index contributed by atoms with van der Waals surface area (Å²) in [5, 5.41) is 2.81. The smallest absolute Gasteiger partial charge is 0.268 e. The van der Waals surface area contributed by atoms with Crippen LogP contribution < -0.4 is 10.1 Å². The molecule has 2 fully saturated rings. The van der Waals surface area contributed by atoms with Crippen molar-refractivity contribution in [2.45, 2.75) is 43.2 Å². The third-order valence-electron chi connectivity index (χ3n) is 5.38. The second-order valence-electron chi connectivity index (χ2n) is 7.44. The van der Waals surface area contributed by atoms with E-state index in [1.807, 2.05) is 6.07 Å². The first-order valence-electron chi connectivity index (χ1n) is 10.2.